The first-order valence-electron chi connectivity index (χ1n) is 5.46. The Labute approximate surface area is 103 Å². The van der Waals surface area contributed by atoms with Gasteiger partial charge in [0.15, 0.2) is 0 Å². The van der Waals surface area contributed by atoms with Crippen LogP contribution in [-0.4, -0.2) is 4.98 Å². The highest BCUT2D eigenvalue weighted by molar-refractivity contribution is 5.94. The minimum absolute atomic E-state index is 0.0139. The fourth-order valence-corrected chi connectivity index (χ4v) is 2.11. The van der Waals surface area contributed by atoms with Crippen LogP contribution in [0.2, 0.25) is 0 Å². The SMILES string of the molecule is Cc1cc(C)c2nc(C(F)(F)F)c(C)c(N)c2c1. The molecule has 5 heteroatoms. The molecule has 0 radical (unpaired) electrons. The number of pyridine rings is 1. The van der Waals surface area contributed by atoms with Crippen molar-refractivity contribution < 1.29 is 13.2 Å². The fraction of sp³-hybridized carbons (Fsp3) is 0.308. The summed E-state index contributed by atoms with van der Waals surface area (Å²) in [5, 5.41) is 0.581. The molecule has 1 heterocycles. The maximum Gasteiger partial charge on any atom is 0.433 e. The van der Waals surface area contributed by atoms with Gasteiger partial charge in [-0.3, -0.25) is 0 Å². The third-order valence-electron chi connectivity index (χ3n) is 2.99. The van der Waals surface area contributed by atoms with Crippen molar-refractivity contribution in [2.24, 2.45) is 0 Å². The Morgan fingerprint density at radius 2 is 1.72 bits per heavy atom. The van der Waals surface area contributed by atoms with Crippen LogP contribution in [0, 0.1) is 20.8 Å². The van der Waals surface area contributed by atoms with E-state index in [2.05, 4.69) is 4.98 Å². The van der Waals surface area contributed by atoms with E-state index in [1.165, 1.54) is 6.92 Å². The molecule has 18 heavy (non-hydrogen) atoms. The van der Waals surface area contributed by atoms with Gasteiger partial charge in [0, 0.05) is 16.6 Å². The molecule has 0 fully saturated rings. The molecule has 2 aromatic rings. The van der Waals surface area contributed by atoms with Crippen LogP contribution in [0.4, 0.5) is 18.9 Å². The Morgan fingerprint density at radius 3 is 2.28 bits per heavy atom. The molecule has 0 aliphatic heterocycles. The van der Waals surface area contributed by atoms with E-state index in [4.69, 9.17) is 5.73 Å². The number of hydrogen-bond acceptors (Lipinski definition) is 2. The number of rotatable bonds is 0. The van der Waals surface area contributed by atoms with Crippen molar-refractivity contribution in [2.75, 3.05) is 5.73 Å². The number of nitrogen functional groups attached to an aromatic ring is 1. The molecule has 0 saturated carbocycles. The second-order valence-corrected chi connectivity index (χ2v) is 4.47. The van der Waals surface area contributed by atoms with Gasteiger partial charge in [0.25, 0.3) is 0 Å². The largest absolute Gasteiger partial charge is 0.433 e. The van der Waals surface area contributed by atoms with Crippen LogP contribution < -0.4 is 5.73 Å². The van der Waals surface area contributed by atoms with Crippen molar-refractivity contribution in [3.8, 4) is 0 Å². The minimum Gasteiger partial charge on any atom is -0.398 e. The zero-order valence-corrected chi connectivity index (χ0v) is 10.3. The predicted molar refractivity (Wildman–Crippen MR) is 65.4 cm³/mol. The lowest BCUT2D eigenvalue weighted by Gasteiger charge is -2.15. The van der Waals surface area contributed by atoms with Crippen LogP contribution in [0.3, 0.4) is 0 Å². The molecule has 0 amide bonds. The molecular formula is C13H13F3N2. The van der Waals surface area contributed by atoms with Crippen molar-refractivity contribution in [3.63, 3.8) is 0 Å². The first-order chi connectivity index (χ1) is 8.21. The summed E-state index contributed by atoms with van der Waals surface area (Å²) in [7, 11) is 0. The van der Waals surface area contributed by atoms with E-state index < -0.39 is 11.9 Å². The smallest absolute Gasteiger partial charge is 0.398 e. The summed E-state index contributed by atoms with van der Waals surface area (Å²) in [6, 6.07) is 3.56. The van der Waals surface area contributed by atoms with Crippen LogP contribution in [0.25, 0.3) is 10.9 Å². The number of anilines is 1. The average Bonchev–Trinajstić information content (AvgIpc) is 2.22. The second kappa shape index (κ2) is 3.86. The Bertz CT molecular complexity index is 630. The first kappa shape index (κ1) is 12.7. The highest BCUT2D eigenvalue weighted by atomic mass is 19.4. The number of hydrogen-bond donors (Lipinski definition) is 1. The topological polar surface area (TPSA) is 38.9 Å². The van der Waals surface area contributed by atoms with Crippen molar-refractivity contribution in [3.05, 3.63) is 34.5 Å². The van der Waals surface area contributed by atoms with Crippen LogP contribution in [0.1, 0.15) is 22.4 Å². The van der Waals surface area contributed by atoms with Gasteiger partial charge < -0.3 is 5.73 Å². The van der Waals surface area contributed by atoms with Gasteiger partial charge in [-0.25, -0.2) is 4.98 Å². The molecule has 1 aromatic heterocycles. The van der Waals surface area contributed by atoms with Crippen LogP contribution in [-0.2, 0) is 6.18 Å². The Balaban J connectivity index is 2.93. The quantitative estimate of drug-likeness (QED) is 0.777. The maximum atomic E-state index is 12.8. The van der Waals surface area contributed by atoms with Gasteiger partial charge in [0.05, 0.1) is 5.52 Å². The van der Waals surface area contributed by atoms with Gasteiger partial charge in [0.1, 0.15) is 5.69 Å². The van der Waals surface area contributed by atoms with Crippen molar-refractivity contribution >= 4 is 16.6 Å². The van der Waals surface area contributed by atoms with Crippen molar-refractivity contribution in [1.82, 2.24) is 4.98 Å². The number of alkyl halides is 3. The second-order valence-electron chi connectivity index (χ2n) is 4.47. The summed E-state index contributed by atoms with van der Waals surface area (Å²) < 4.78 is 38.5. The number of halogens is 3. The van der Waals surface area contributed by atoms with Gasteiger partial charge in [-0.15, -0.1) is 0 Å². The monoisotopic (exact) mass is 254 g/mol. The molecule has 96 valence electrons. The van der Waals surface area contributed by atoms with E-state index >= 15 is 0 Å². The lowest BCUT2D eigenvalue weighted by Crippen LogP contribution is -2.13. The maximum absolute atomic E-state index is 12.8. The molecule has 2 N–H and O–H groups in total. The molecule has 0 spiro atoms. The minimum atomic E-state index is -4.48. The lowest BCUT2D eigenvalue weighted by molar-refractivity contribution is -0.141. The molecule has 0 unspecified atom stereocenters. The molecule has 1 aromatic carbocycles. The molecule has 0 aliphatic rings. The van der Waals surface area contributed by atoms with Gasteiger partial charge in [-0.1, -0.05) is 11.6 Å². The molecule has 2 rings (SSSR count). The third kappa shape index (κ3) is 1.89. The van der Waals surface area contributed by atoms with Crippen molar-refractivity contribution in [2.45, 2.75) is 26.9 Å². The van der Waals surface area contributed by atoms with E-state index in [9.17, 15) is 13.2 Å². The number of nitrogens with two attached hydrogens (primary N) is 1. The van der Waals surface area contributed by atoms with Gasteiger partial charge in [0.2, 0.25) is 0 Å². The Kier molecular flexibility index (Phi) is 2.72. The third-order valence-corrected chi connectivity index (χ3v) is 2.99. The molecule has 0 bridgehead atoms. The summed E-state index contributed by atoms with van der Waals surface area (Å²) in [4.78, 5) is 3.74. The molecular weight excluding hydrogens is 241 g/mol. The summed E-state index contributed by atoms with van der Waals surface area (Å²) in [6.07, 6.45) is -4.48. The first-order valence-corrected chi connectivity index (χ1v) is 5.46. The van der Waals surface area contributed by atoms with E-state index in [0.29, 0.717) is 16.5 Å². The lowest BCUT2D eigenvalue weighted by atomic mass is 10.0. The van der Waals surface area contributed by atoms with E-state index in [0.717, 1.165) is 5.56 Å². The summed E-state index contributed by atoms with van der Waals surface area (Å²) >= 11 is 0. The fourth-order valence-electron chi connectivity index (χ4n) is 2.11. The molecule has 0 atom stereocenters. The van der Waals surface area contributed by atoms with E-state index in [1.54, 1.807) is 19.1 Å². The number of nitrogens with zero attached hydrogens (tertiary/aromatic N) is 1. The molecule has 2 nitrogen and oxygen atoms in total. The number of benzene rings is 1. The number of aromatic nitrogens is 1. The summed E-state index contributed by atoms with van der Waals surface area (Å²) in [6.45, 7) is 4.96. The van der Waals surface area contributed by atoms with Gasteiger partial charge in [-0.05, 0) is 32.4 Å². The zero-order chi connectivity index (χ0) is 13.7. The molecule has 0 saturated heterocycles. The average molecular weight is 254 g/mol. The zero-order valence-electron chi connectivity index (χ0n) is 10.3. The van der Waals surface area contributed by atoms with E-state index in [-0.39, 0.29) is 11.3 Å². The van der Waals surface area contributed by atoms with E-state index in [1.807, 2.05) is 6.92 Å². The standard InChI is InChI=1S/C13H13F3N2/c1-6-4-7(2)11-9(5-6)10(17)8(3)12(18-11)13(14,15)16/h4-5H,1-3H3,(H2,17,18). The van der Waals surface area contributed by atoms with Gasteiger partial charge >= 0.3 is 6.18 Å². The Morgan fingerprint density at radius 1 is 1.11 bits per heavy atom. The van der Waals surface area contributed by atoms with Crippen LogP contribution in [0.5, 0.6) is 0 Å². The number of fused-ring (bicyclic) bond motifs is 1. The van der Waals surface area contributed by atoms with Crippen molar-refractivity contribution in [1.29, 1.82) is 0 Å². The normalized spacial score (nSPS) is 12.1. The molecule has 0 aliphatic carbocycles. The summed E-state index contributed by atoms with van der Waals surface area (Å²) in [5.41, 5.74) is 7.01. The van der Waals surface area contributed by atoms with Gasteiger partial charge in [-0.2, -0.15) is 13.2 Å². The predicted octanol–water partition coefficient (Wildman–Crippen LogP) is 3.76. The van der Waals surface area contributed by atoms with Crippen LogP contribution >= 0.6 is 0 Å². The Hall–Kier alpha value is -1.78. The van der Waals surface area contributed by atoms with Crippen LogP contribution in [0.15, 0.2) is 12.1 Å². The summed E-state index contributed by atoms with van der Waals surface area (Å²) in [5.74, 6) is 0. The highest BCUT2D eigenvalue weighted by Crippen LogP contribution is 2.36. The number of aryl methyl sites for hydroxylation is 2. The highest BCUT2D eigenvalue weighted by Gasteiger charge is 2.35.